The molecule has 32 heavy (non-hydrogen) atoms. The molecule has 7 aromatic rings. The highest BCUT2D eigenvalue weighted by Crippen LogP contribution is 2.34. The summed E-state index contributed by atoms with van der Waals surface area (Å²) in [5.74, 6) is 0.800. The number of aromatic nitrogens is 1. The van der Waals surface area contributed by atoms with Crippen molar-refractivity contribution in [1.29, 1.82) is 0 Å². The fourth-order valence-electron chi connectivity index (χ4n) is 4.71. The van der Waals surface area contributed by atoms with Crippen molar-refractivity contribution in [3.63, 3.8) is 0 Å². The molecule has 7 rings (SSSR count). The third-order valence-electron chi connectivity index (χ3n) is 6.22. The number of nitrogens with zero attached hydrogens (tertiary/aromatic N) is 1. The molecule has 0 aliphatic rings. The van der Waals surface area contributed by atoms with E-state index in [0.29, 0.717) is 0 Å². The molecule has 0 saturated carbocycles. The van der Waals surface area contributed by atoms with E-state index in [1.165, 1.54) is 32.3 Å². The first-order valence-electron chi connectivity index (χ1n) is 10.7. The van der Waals surface area contributed by atoms with Crippen molar-refractivity contribution >= 4 is 65.9 Å². The van der Waals surface area contributed by atoms with Gasteiger partial charge in [-0.15, -0.1) is 0 Å². The molecule has 150 valence electrons. The SMILES string of the molecule is c1ccc2c(c1)ccc1ccc3ccc(Nc4ccc5oc6ccccc6c5n4)cc3c12. The minimum atomic E-state index is 0.799. The highest BCUT2D eigenvalue weighted by Gasteiger charge is 2.10. The molecular weight excluding hydrogens is 392 g/mol. The highest BCUT2D eigenvalue weighted by molar-refractivity contribution is 6.20. The van der Waals surface area contributed by atoms with Gasteiger partial charge in [0.25, 0.3) is 0 Å². The van der Waals surface area contributed by atoms with Crippen molar-refractivity contribution in [2.45, 2.75) is 0 Å². The Hall–Kier alpha value is -4.37. The van der Waals surface area contributed by atoms with Gasteiger partial charge in [-0.05, 0) is 68.7 Å². The standard InChI is InChI=1S/C29H18N2O/c1-2-6-22-18(5-1)9-11-20-12-10-19-13-14-21(17-24(19)28(20)22)30-27-16-15-26-29(31-27)23-7-3-4-8-25(23)32-26/h1-17H,(H,30,31). The van der Waals surface area contributed by atoms with Crippen molar-refractivity contribution in [2.24, 2.45) is 0 Å². The molecule has 1 N–H and O–H groups in total. The molecule has 0 radical (unpaired) electrons. The van der Waals surface area contributed by atoms with Crippen LogP contribution in [0.2, 0.25) is 0 Å². The maximum absolute atomic E-state index is 5.91. The van der Waals surface area contributed by atoms with E-state index >= 15 is 0 Å². The van der Waals surface area contributed by atoms with E-state index in [1.54, 1.807) is 0 Å². The van der Waals surface area contributed by atoms with Gasteiger partial charge in [-0.2, -0.15) is 0 Å². The van der Waals surface area contributed by atoms with Crippen LogP contribution < -0.4 is 5.32 Å². The van der Waals surface area contributed by atoms with Gasteiger partial charge >= 0.3 is 0 Å². The van der Waals surface area contributed by atoms with E-state index < -0.39 is 0 Å². The number of para-hydroxylation sites is 1. The van der Waals surface area contributed by atoms with Crippen LogP contribution in [0.3, 0.4) is 0 Å². The Morgan fingerprint density at radius 1 is 0.562 bits per heavy atom. The number of furan rings is 1. The van der Waals surface area contributed by atoms with Gasteiger partial charge in [0.1, 0.15) is 16.9 Å². The average Bonchev–Trinajstić information content (AvgIpc) is 3.21. The summed E-state index contributed by atoms with van der Waals surface area (Å²) in [5.41, 5.74) is 3.55. The summed E-state index contributed by atoms with van der Waals surface area (Å²) in [6, 6.07) is 35.8. The molecular formula is C29H18N2O. The Labute approximate surface area is 183 Å². The van der Waals surface area contributed by atoms with Gasteiger partial charge in [0, 0.05) is 11.1 Å². The Morgan fingerprint density at radius 3 is 2.19 bits per heavy atom. The first kappa shape index (κ1) is 17.3. The number of pyridine rings is 1. The summed E-state index contributed by atoms with van der Waals surface area (Å²) in [5, 5.41) is 12.1. The van der Waals surface area contributed by atoms with Crippen LogP contribution in [-0.4, -0.2) is 4.98 Å². The zero-order valence-electron chi connectivity index (χ0n) is 17.2. The van der Waals surface area contributed by atoms with Crippen LogP contribution in [0.5, 0.6) is 0 Å². The molecule has 0 fully saturated rings. The number of benzene rings is 5. The Morgan fingerprint density at radius 2 is 1.28 bits per heavy atom. The summed E-state index contributed by atoms with van der Waals surface area (Å²) in [7, 11) is 0. The predicted molar refractivity (Wildman–Crippen MR) is 134 cm³/mol. The lowest BCUT2D eigenvalue weighted by molar-refractivity contribution is 0.668. The molecule has 0 aliphatic carbocycles. The minimum absolute atomic E-state index is 0.799. The van der Waals surface area contributed by atoms with Gasteiger partial charge in [0.05, 0.1) is 0 Å². The lowest BCUT2D eigenvalue weighted by atomic mass is 9.96. The van der Waals surface area contributed by atoms with E-state index in [9.17, 15) is 0 Å². The van der Waals surface area contributed by atoms with E-state index in [-0.39, 0.29) is 0 Å². The average molecular weight is 410 g/mol. The van der Waals surface area contributed by atoms with Crippen LogP contribution in [0.15, 0.2) is 108 Å². The third-order valence-corrected chi connectivity index (χ3v) is 6.22. The molecule has 0 aliphatic heterocycles. The summed E-state index contributed by atoms with van der Waals surface area (Å²) < 4.78 is 5.91. The molecule has 3 heteroatoms. The Kier molecular flexibility index (Phi) is 3.55. The van der Waals surface area contributed by atoms with Gasteiger partial charge in [-0.1, -0.05) is 66.7 Å². The number of hydrogen-bond donors (Lipinski definition) is 1. The van der Waals surface area contributed by atoms with Crippen molar-refractivity contribution in [3.05, 3.63) is 103 Å². The molecule has 0 saturated heterocycles. The number of nitrogens with one attached hydrogen (secondary N) is 1. The number of rotatable bonds is 2. The van der Waals surface area contributed by atoms with Crippen LogP contribution in [0.4, 0.5) is 11.5 Å². The van der Waals surface area contributed by atoms with E-state index in [1.807, 2.05) is 36.4 Å². The number of fused-ring (bicyclic) bond motifs is 8. The first-order chi connectivity index (χ1) is 15.8. The van der Waals surface area contributed by atoms with Gasteiger partial charge in [0.15, 0.2) is 5.58 Å². The van der Waals surface area contributed by atoms with Gasteiger partial charge < -0.3 is 9.73 Å². The molecule has 0 bridgehead atoms. The normalized spacial score (nSPS) is 11.8. The number of anilines is 2. The lowest BCUT2D eigenvalue weighted by Crippen LogP contribution is -1.93. The Bertz CT molecular complexity index is 1810. The van der Waals surface area contributed by atoms with Crippen molar-refractivity contribution in [2.75, 3.05) is 5.32 Å². The van der Waals surface area contributed by atoms with Crippen LogP contribution in [-0.2, 0) is 0 Å². The van der Waals surface area contributed by atoms with Crippen LogP contribution in [0.25, 0.3) is 54.4 Å². The second-order valence-corrected chi connectivity index (χ2v) is 8.15. The molecule has 0 spiro atoms. The molecule has 0 amide bonds. The molecule has 2 aromatic heterocycles. The van der Waals surface area contributed by atoms with Gasteiger partial charge in [-0.25, -0.2) is 4.98 Å². The van der Waals surface area contributed by atoms with Crippen LogP contribution in [0, 0.1) is 0 Å². The van der Waals surface area contributed by atoms with Crippen molar-refractivity contribution in [3.8, 4) is 0 Å². The quantitative estimate of drug-likeness (QED) is 0.292. The Balaban J connectivity index is 1.40. The zero-order valence-corrected chi connectivity index (χ0v) is 17.2. The largest absolute Gasteiger partial charge is 0.454 e. The summed E-state index contributed by atoms with van der Waals surface area (Å²) in [4.78, 5) is 4.85. The second kappa shape index (κ2) is 6.56. The minimum Gasteiger partial charge on any atom is -0.454 e. The van der Waals surface area contributed by atoms with Crippen LogP contribution in [0.1, 0.15) is 0 Å². The molecule has 5 aromatic carbocycles. The smallest absolute Gasteiger partial charge is 0.154 e. The molecule has 0 unspecified atom stereocenters. The lowest BCUT2D eigenvalue weighted by Gasteiger charge is -2.11. The number of hydrogen-bond acceptors (Lipinski definition) is 3. The topological polar surface area (TPSA) is 38.1 Å². The van der Waals surface area contributed by atoms with E-state index in [4.69, 9.17) is 9.40 Å². The maximum atomic E-state index is 5.91. The van der Waals surface area contributed by atoms with Crippen LogP contribution >= 0.6 is 0 Å². The maximum Gasteiger partial charge on any atom is 0.154 e. The van der Waals surface area contributed by atoms with E-state index in [2.05, 4.69) is 72.0 Å². The zero-order chi connectivity index (χ0) is 21.1. The van der Waals surface area contributed by atoms with Gasteiger partial charge in [-0.3, -0.25) is 0 Å². The molecule has 0 atom stereocenters. The predicted octanol–water partition coefficient (Wildman–Crippen LogP) is 8.18. The van der Waals surface area contributed by atoms with Gasteiger partial charge in [0.2, 0.25) is 0 Å². The molecule has 2 heterocycles. The van der Waals surface area contributed by atoms with Crippen molar-refractivity contribution < 1.29 is 4.42 Å². The summed E-state index contributed by atoms with van der Waals surface area (Å²) >= 11 is 0. The summed E-state index contributed by atoms with van der Waals surface area (Å²) in [6.45, 7) is 0. The van der Waals surface area contributed by atoms with Crippen molar-refractivity contribution in [1.82, 2.24) is 4.98 Å². The fourth-order valence-corrected chi connectivity index (χ4v) is 4.71. The highest BCUT2D eigenvalue weighted by atomic mass is 16.3. The van der Waals surface area contributed by atoms with E-state index in [0.717, 1.165) is 33.6 Å². The fraction of sp³-hybridized carbons (Fsp3) is 0. The first-order valence-corrected chi connectivity index (χ1v) is 10.7. The summed E-state index contributed by atoms with van der Waals surface area (Å²) in [6.07, 6.45) is 0. The second-order valence-electron chi connectivity index (χ2n) is 8.15. The molecule has 3 nitrogen and oxygen atoms in total. The monoisotopic (exact) mass is 410 g/mol. The third kappa shape index (κ3) is 2.58.